The van der Waals surface area contributed by atoms with Crippen LogP contribution in [-0.4, -0.2) is 10.0 Å². The number of aromatic hydroxyl groups is 1. The standard InChI is InChI=1S/C13H6ClNO5/c14-12-9(16)3-4-10-11(12)7-2-1-6(15(18)19)5-8(7)13(17)20-10/h1-5,16H. The maximum absolute atomic E-state index is 11.9. The van der Waals surface area contributed by atoms with E-state index in [-0.39, 0.29) is 27.4 Å². The fourth-order valence-electron chi connectivity index (χ4n) is 2.07. The van der Waals surface area contributed by atoms with Crippen LogP contribution in [0.1, 0.15) is 0 Å². The summed E-state index contributed by atoms with van der Waals surface area (Å²) in [5.74, 6) is -0.160. The second-order valence-electron chi connectivity index (χ2n) is 4.15. The fourth-order valence-corrected chi connectivity index (χ4v) is 2.33. The normalized spacial score (nSPS) is 11.1. The Hall–Kier alpha value is -2.60. The zero-order valence-electron chi connectivity index (χ0n) is 9.79. The zero-order chi connectivity index (χ0) is 14.4. The molecule has 1 heterocycles. The number of hydrogen-bond acceptors (Lipinski definition) is 5. The highest BCUT2D eigenvalue weighted by molar-refractivity contribution is 6.38. The monoisotopic (exact) mass is 291 g/mol. The fraction of sp³-hybridized carbons (Fsp3) is 0. The van der Waals surface area contributed by atoms with Crippen LogP contribution in [0.4, 0.5) is 5.69 Å². The van der Waals surface area contributed by atoms with E-state index in [1.54, 1.807) is 0 Å². The highest BCUT2D eigenvalue weighted by atomic mass is 35.5. The van der Waals surface area contributed by atoms with Crippen molar-refractivity contribution in [1.29, 1.82) is 0 Å². The van der Waals surface area contributed by atoms with Crippen LogP contribution in [0.25, 0.3) is 21.7 Å². The summed E-state index contributed by atoms with van der Waals surface area (Å²) in [5, 5.41) is 21.2. The molecule has 3 aromatic rings. The smallest absolute Gasteiger partial charge is 0.344 e. The lowest BCUT2D eigenvalue weighted by Gasteiger charge is -2.05. The van der Waals surface area contributed by atoms with Gasteiger partial charge in [-0.05, 0) is 18.2 Å². The van der Waals surface area contributed by atoms with Gasteiger partial charge in [0, 0.05) is 22.9 Å². The minimum absolute atomic E-state index is 0.0325. The number of nitro benzene ring substituents is 1. The van der Waals surface area contributed by atoms with Crippen LogP contribution in [-0.2, 0) is 0 Å². The predicted molar refractivity (Wildman–Crippen MR) is 73.3 cm³/mol. The Balaban J connectivity index is 2.56. The molecule has 20 heavy (non-hydrogen) atoms. The van der Waals surface area contributed by atoms with E-state index in [9.17, 15) is 20.0 Å². The molecular weight excluding hydrogens is 286 g/mol. The van der Waals surface area contributed by atoms with Crippen LogP contribution >= 0.6 is 11.6 Å². The van der Waals surface area contributed by atoms with Crippen molar-refractivity contribution in [3.8, 4) is 5.75 Å². The first kappa shape index (κ1) is 12.4. The van der Waals surface area contributed by atoms with E-state index in [1.807, 2.05) is 0 Å². The van der Waals surface area contributed by atoms with E-state index in [2.05, 4.69) is 0 Å². The number of non-ortho nitro benzene ring substituents is 1. The second kappa shape index (κ2) is 4.21. The minimum Gasteiger partial charge on any atom is -0.506 e. The van der Waals surface area contributed by atoms with Gasteiger partial charge in [0.2, 0.25) is 0 Å². The van der Waals surface area contributed by atoms with E-state index in [4.69, 9.17) is 16.0 Å². The Morgan fingerprint density at radius 2 is 1.95 bits per heavy atom. The van der Waals surface area contributed by atoms with Gasteiger partial charge in [-0.1, -0.05) is 11.6 Å². The molecule has 2 aromatic carbocycles. The van der Waals surface area contributed by atoms with Crippen molar-refractivity contribution in [2.75, 3.05) is 0 Å². The number of nitrogens with zero attached hydrogens (tertiary/aromatic N) is 1. The molecule has 0 radical (unpaired) electrons. The van der Waals surface area contributed by atoms with Crippen molar-refractivity contribution >= 4 is 39.0 Å². The molecule has 0 fully saturated rings. The van der Waals surface area contributed by atoms with Crippen LogP contribution in [0.3, 0.4) is 0 Å². The van der Waals surface area contributed by atoms with E-state index >= 15 is 0 Å². The molecule has 0 atom stereocenters. The second-order valence-corrected chi connectivity index (χ2v) is 4.53. The highest BCUT2D eigenvalue weighted by Crippen LogP contribution is 2.36. The number of fused-ring (bicyclic) bond motifs is 3. The number of halogens is 1. The lowest BCUT2D eigenvalue weighted by atomic mass is 10.1. The van der Waals surface area contributed by atoms with Gasteiger partial charge in [0.1, 0.15) is 11.3 Å². The molecule has 0 aliphatic rings. The number of hydrogen-bond donors (Lipinski definition) is 1. The van der Waals surface area contributed by atoms with Crippen molar-refractivity contribution in [2.24, 2.45) is 0 Å². The third kappa shape index (κ3) is 1.70. The molecule has 0 spiro atoms. The first-order valence-electron chi connectivity index (χ1n) is 5.51. The first-order chi connectivity index (χ1) is 9.49. The molecule has 6 nitrogen and oxygen atoms in total. The first-order valence-corrected chi connectivity index (χ1v) is 5.89. The predicted octanol–water partition coefficient (Wildman–Crippen LogP) is 3.21. The molecule has 0 bridgehead atoms. The highest BCUT2D eigenvalue weighted by Gasteiger charge is 2.16. The summed E-state index contributed by atoms with van der Waals surface area (Å²) in [6, 6.07) is 6.53. The molecule has 0 unspecified atom stereocenters. The summed E-state index contributed by atoms with van der Waals surface area (Å²) in [6.45, 7) is 0. The quantitative estimate of drug-likeness (QED) is 0.321. The van der Waals surface area contributed by atoms with E-state index in [1.165, 1.54) is 24.3 Å². The SMILES string of the molecule is O=c1oc2ccc(O)c(Cl)c2c2ccc([N+](=O)[O-])cc12. The van der Waals surface area contributed by atoms with Crippen LogP contribution in [0.5, 0.6) is 5.75 Å². The van der Waals surface area contributed by atoms with E-state index < -0.39 is 10.5 Å². The maximum atomic E-state index is 11.9. The van der Waals surface area contributed by atoms with Gasteiger partial charge in [0.25, 0.3) is 5.69 Å². The van der Waals surface area contributed by atoms with Gasteiger partial charge in [0.05, 0.1) is 15.3 Å². The van der Waals surface area contributed by atoms with Crippen LogP contribution in [0.2, 0.25) is 5.02 Å². The van der Waals surface area contributed by atoms with Crippen LogP contribution < -0.4 is 5.63 Å². The number of rotatable bonds is 1. The Morgan fingerprint density at radius 3 is 2.65 bits per heavy atom. The molecular formula is C13H6ClNO5. The molecule has 1 N–H and O–H groups in total. The third-order valence-corrected chi connectivity index (χ3v) is 3.37. The molecule has 0 amide bonds. The lowest BCUT2D eigenvalue weighted by molar-refractivity contribution is -0.384. The van der Waals surface area contributed by atoms with Gasteiger partial charge >= 0.3 is 5.63 Å². The van der Waals surface area contributed by atoms with Crippen molar-refractivity contribution in [3.05, 3.63) is 55.9 Å². The van der Waals surface area contributed by atoms with Crippen molar-refractivity contribution < 1.29 is 14.4 Å². The van der Waals surface area contributed by atoms with Gasteiger partial charge in [-0.25, -0.2) is 4.79 Å². The molecule has 0 saturated heterocycles. The zero-order valence-corrected chi connectivity index (χ0v) is 10.5. The van der Waals surface area contributed by atoms with Crippen molar-refractivity contribution in [3.63, 3.8) is 0 Å². The molecule has 0 saturated carbocycles. The average molecular weight is 292 g/mol. The molecule has 100 valence electrons. The summed E-state index contributed by atoms with van der Waals surface area (Å²) in [6.07, 6.45) is 0. The van der Waals surface area contributed by atoms with Crippen molar-refractivity contribution in [2.45, 2.75) is 0 Å². The largest absolute Gasteiger partial charge is 0.506 e. The van der Waals surface area contributed by atoms with Crippen LogP contribution in [0, 0.1) is 10.1 Å². The van der Waals surface area contributed by atoms with Gasteiger partial charge in [-0.2, -0.15) is 0 Å². The summed E-state index contributed by atoms with van der Waals surface area (Å²) in [4.78, 5) is 22.0. The Bertz CT molecular complexity index is 931. The lowest BCUT2D eigenvalue weighted by Crippen LogP contribution is -2.01. The van der Waals surface area contributed by atoms with E-state index in [0.29, 0.717) is 10.8 Å². The average Bonchev–Trinajstić information content (AvgIpc) is 2.42. The van der Waals surface area contributed by atoms with Crippen LogP contribution in [0.15, 0.2) is 39.5 Å². The van der Waals surface area contributed by atoms with Gasteiger partial charge < -0.3 is 9.52 Å². The van der Waals surface area contributed by atoms with Gasteiger partial charge in [-0.3, -0.25) is 10.1 Å². The summed E-state index contributed by atoms with van der Waals surface area (Å²) >= 11 is 6.01. The molecule has 0 aliphatic carbocycles. The maximum Gasteiger partial charge on any atom is 0.344 e. The Labute approximate surface area is 116 Å². The summed E-state index contributed by atoms with van der Waals surface area (Å²) in [7, 11) is 0. The summed E-state index contributed by atoms with van der Waals surface area (Å²) < 4.78 is 5.07. The number of phenols is 1. The van der Waals surface area contributed by atoms with E-state index in [0.717, 1.165) is 6.07 Å². The third-order valence-electron chi connectivity index (χ3n) is 2.99. The number of benzene rings is 2. The molecule has 7 heteroatoms. The topological polar surface area (TPSA) is 93.6 Å². The molecule has 1 aromatic heterocycles. The minimum atomic E-state index is -0.696. The number of nitro groups is 1. The van der Waals surface area contributed by atoms with Gasteiger partial charge in [0.15, 0.2) is 0 Å². The molecule has 3 rings (SSSR count). The number of phenolic OH excluding ortho intramolecular Hbond substituents is 1. The Morgan fingerprint density at radius 1 is 1.20 bits per heavy atom. The van der Waals surface area contributed by atoms with Crippen molar-refractivity contribution in [1.82, 2.24) is 0 Å². The Kier molecular flexibility index (Phi) is 2.62. The van der Waals surface area contributed by atoms with Gasteiger partial charge in [-0.15, -0.1) is 0 Å². The summed E-state index contributed by atoms with van der Waals surface area (Å²) in [5.41, 5.74) is -0.711. The molecule has 0 aliphatic heterocycles.